The average molecular weight is 642 g/mol. The molecule has 1 heterocycles. The highest BCUT2D eigenvalue weighted by molar-refractivity contribution is 7.80. The van der Waals surface area contributed by atoms with Crippen molar-refractivity contribution in [2.45, 2.75) is 11.8 Å². The Bertz CT molecular complexity index is 2750. The molecule has 0 aliphatic carbocycles. The van der Waals surface area contributed by atoms with Crippen molar-refractivity contribution in [2.75, 3.05) is 0 Å². The normalized spacial score (nSPS) is 11.8. The van der Waals surface area contributed by atoms with Crippen molar-refractivity contribution in [1.82, 2.24) is 4.57 Å². The zero-order chi connectivity index (χ0) is 33.1. The number of nitrogens with zero attached hydrogens (tertiary/aromatic N) is 1. The van der Waals surface area contributed by atoms with Crippen molar-refractivity contribution < 1.29 is 0 Å². The number of allylic oxidation sites excluding steroid dienone is 1. The monoisotopic (exact) mass is 641 g/mol. The third-order valence-corrected chi connectivity index (χ3v) is 10.2. The molecule has 1 aromatic heterocycles. The van der Waals surface area contributed by atoms with Crippen molar-refractivity contribution in [3.8, 4) is 40.3 Å². The molecule has 0 saturated heterocycles. The van der Waals surface area contributed by atoms with E-state index >= 15 is 0 Å². The first-order chi connectivity index (χ1) is 24.2. The van der Waals surface area contributed by atoms with Crippen LogP contribution in [0, 0.1) is 12.3 Å². The lowest BCUT2D eigenvalue weighted by Gasteiger charge is -2.21. The molecular formula is C47H31NS. The molecule has 49 heavy (non-hydrogen) atoms. The van der Waals surface area contributed by atoms with Crippen LogP contribution in [0.3, 0.4) is 0 Å². The topological polar surface area (TPSA) is 4.93 Å². The summed E-state index contributed by atoms with van der Waals surface area (Å²) in [6, 6.07) is 52.5. The second-order valence-electron chi connectivity index (χ2n) is 12.5. The summed E-state index contributed by atoms with van der Waals surface area (Å²) in [4.78, 5) is 0.885. The number of hydrogen-bond donors (Lipinski definition) is 1. The predicted octanol–water partition coefficient (Wildman–Crippen LogP) is 12.9. The molecule has 2 heteroatoms. The summed E-state index contributed by atoms with van der Waals surface area (Å²) in [5.74, 6) is 3.05. The van der Waals surface area contributed by atoms with Crippen molar-refractivity contribution >= 4 is 72.8 Å². The number of fused-ring (bicyclic) bond motifs is 6. The predicted molar refractivity (Wildman–Crippen MR) is 214 cm³/mol. The lowest BCUT2D eigenvalue weighted by atomic mass is 9.82. The van der Waals surface area contributed by atoms with E-state index in [1.165, 1.54) is 60.0 Å². The van der Waals surface area contributed by atoms with E-state index in [0.29, 0.717) is 0 Å². The molecule has 0 N–H and O–H groups in total. The first kappa shape index (κ1) is 29.2. The molecule has 9 rings (SSSR count). The zero-order valence-electron chi connectivity index (χ0n) is 27.0. The van der Waals surface area contributed by atoms with Crippen LogP contribution in [0.4, 0.5) is 0 Å². The fourth-order valence-electron chi connectivity index (χ4n) is 7.88. The number of terminal acetylenes is 1. The second kappa shape index (κ2) is 11.6. The van der Waals surface area contributed by atoms with Gasteiger partial charge in [-0.2, -0.15) is 0 Å². The van der Waals surface area contributed by atoms with Crippen LogP contribution in [-0.4, -0.2) is 4.57 Å². The van der Waals surface area contributed by atoms with Crippen molar-refractivity contribution in [1.29, 1.82) is 0 Å². The minimum Gasteiger partial charge on any atom is -0.309 e. The third kappa shape index (κ3) is 4.44. The highest BCUT2D eigenvalue weighted by Gasteiger charge is 2.21. The van der Waals surface area contributed by atoms with Crippen LogP contribution < -0.4 is 0 Å². The van der Waals surface area contributed by atoms with Gasteiger partial charge in [-0.25, -0.2) is 0 Å². The van der Waals surface area contributed by atoms with Crippen LogP contribution in [0.5, 0.6) is 0 Å². The van der Waals surface area contributed by atoms with E-state index in [9.17, 15) is 0 Å². The van der Waals surface area contributed by atoms with Crippen LogP contribution in [0.1, 0.15) is 18.1 Å². The molecule has 0 spiro atoms. The Labute approximate surface area is 291 Å². The average Bonchev–Trinajstić information content (AvgIpc) is 3.48. The minimum atomic E-state index is 0.868. The molecule has 0 amide bonds. The summed E-state index contributed by atoms with van der Waals surface area (Å²) < 4.78 is 2.39. The van der Waals surface area contributed by atoms with Gasteiger partial charge >= 0.3 is 0 Å². The smallest absolute Gasteiger partial charge is 0.0541 e. The van der Waals surface area contributed by atoms with E-state index in [4.69, 9.17) is 19.1 Å². The van der Waals surface area contributed by atoms with Gasteiger partial charge in [-0.3, -0.25) is 0 Å². The van der Waals surface area contributed by atoms with Gasteiger partial charge in [-0.15, -0.1) is 19.1 Å². The van der Waals surface area contributed by atoms with Gasteiger partial charge in [0.25, 0.3) is 0 Å². The Morgan fingerprint density at radius 2 is 1.14 bits per heavy atom. The molecular weight excluding hydrogens is 611 g/mol. The van der Waals surface area contributed by atoms with Crippen LogP contribution >= 0.6 is 12.6 Å². The van der Waals surface area contributed by atoms with Gasteiger partial charge in [0.15, 0.2) is 0 Å². The molecule has 1 nitrogen and oxygen atoms in total. The Kier molecular flexibility index (Phi) is 6.90. The molecule has 0 atom stereocenters. The number of thiol groups is 1. The maximum Gasteiger partial charge on any atom is 0.0541 e. The van der Waals surface area contributed by atoms with Crippen molar-refractivity contribution in [3.05, 3.63) is 163 Å². The van der Waals surface area contributed by atoms with E-state index in [1.54, 1.807) is 0 Å². The lowest BCUT2D eigenvalue weighted by Crippen LogP contribution is -1.97. The summed E-state index contributed by atoms with van der Waals surface area (Å²) in [6.45, 7) is 2.05. The highest BCUT2D eigenvalue weighted by atomic mass is 32.1. The Balaban J connectivity index is 1.38. The van der Waals surface area contributed by atoms with Gasteiger partial charge in [-0.05, 0) is 98.1 Å². The van der Waals surface area contributed by atoms with E-state index in [0.717, 1.165) is 38.0 Å². The van der Waals surface area contributed by atoms with Crippen molar-refractivity contribution in [3.63, 3.8) is 0 Å². The van der Waals surface area contributed by atoms with Gasteiger partial charge in [-0.1, -0.05) is 127 Å². The van der Waals surface area contributed by atoms with Gasteiger partial charge in [0.1, 0.15) is 0 Å². The van der Waals surface area contributed by atoms with Crippen molar-refractivity contribution in [2.24, 2.45) is 0 Å². The first-order valence-electron chi connectivity index (χ1n) is 16.6. The SMILES string of the molecule is C#Cc1c(/C=C\C)c(-c2c3ccccc3c(-c3cccc(-n4c5ccccc5c5ccccc54)c3)c3ccccc23)cc2cccc(S)c12. The maximum atomic E-state index is 6.29. The molecule has 9 aromatic rings. The summed E-state index contributed by atoms with van der Waals surface area (Å²) >= 11 is 4.83. The minimum absolute atomic E-state index is 0.868. The standard InChI is InChI=1S/C47H31NS/c1-3-15-34-33(4-2)46-31(17-14-27-44(46)49)29-41(34)47-39-23-7-5-21-37(39)45(38-22-6-8-24-40(38)47)30-16-13-18-32(28-30)48-42-25-11-9-19-35(42)36-20-10-12-26-43(36)48/h2-3,5-29,49H,1H3/b15-3-. The Morgan fingerprint density at radius 1 is 0.592 bits per heavy atom. The fourth-order valence-corrected chi connectivity index (χ4v) is 8.21. The van der Waals surface area contributed by atoms with Crippen LogP contribution in [-0.2, 0) is 0 Å². The van der Waals surface area contributed by atoms with E-state index in [2.05, 4.69) is 156 Å². The molecule has 0 bridgehead atoms. The summed E-state index contributed by atoms with van der Waals surface area (Å²) in [5, 5.41) is 9.39. The number of rotatable bonds is 4. The number of para-hydroxylation sites is 2. The van der Waals surface area contributed by atoms with Gasteiger partial charge in [0.05, 0.1) is 11.0 Å². The molecule has 0 unspecified atom stereocenters. The second-order valence-corrected chi connectivity index (χ2v) is 13.0. The van der Waals surface area contributed by atoms with E-state index in [1.807, 2.05) is 19.1 Å². The maximum absolute atomic E-state index is 6.29. The molecule has 0 radical (unpaired) electrons. The van der Waals surface area contributed by atoms with Crippen LogP contribution in [0.25, 0.3) is 88.1 Å². The lowest BCUT2D eigenvalue weighted by molar-refractivity contribution is 1.18. The van der Waals surface area contributed by atoms with Gasteiger partial charge in [0.2, 0.25) is 0 Å². The summed E-state index contributed by atoms with van der Waals surface area (Å²) in [6.07, 6.45) is 10.5. The molecule has 230 valence electrons. The van der Waals surface area contributed by atoms with Crippen LogP contribution in [0.15, 0.2) is 157 Å². The number of hydrogen-bond acceptors (Lipinski definition) is 1. The number of benzene rings is 8. The third-order valence-electron chi connectivity index (χ3n) is 9.84. The zero-order valence-corrected chi connectivity index (χ0v) is 27.9. The molecule has 0 aliphatic rings. The van der Waals surface area contributed by atoms with Gasteiger partial charge in [0, 0.05) is 32.3 Å². The quantitative estimate of drug-likeness (QED) is 0.111. The van der Waals surface area contributed by atoms with E-state index in [-0.39, 0.29) is 0 Å². The number of aromatic nitrogens is 1. The Morgan fingerprint density at radius 3 is 1.73 bits per heavy atom. The van der Waals surface area contributed by atoms with E-state index < -0.39 is 0 Å². The Hall–Kier alpha value is -6.01. The highest BCUT2D eigenvalue weighted by Crippen LogP contribution is 2.47. The molecule has 8 aromatic carbocycles. The largest absolute Gasteiger partial charge is 0.309 e. The molecule has 0 fully saturated rings. The molecule has 0 saturated carbocycles. The van der Waals surface area contributed by atoms with Crippen LogP contribution in [0.2, 0.25) is 0 Å². The first-order valence-corrected chi connectivity index (χ1v) is 17.0. The summed E-state index contributed by atoms with van der Waals surface area (Å²) in [5.41, 5.74) is 10.1. The summed E-state index contributed by atoms with van der Waals surface area (Å²) in [7, 11) is 0. The fraction of sp³-hybridized carbons (Fsp3) is 0.0213. The molecule has 0 aliphatic heterocycles. The van der Waals surface area contributed by atoms with Gasteiger partial charge < -0.3 is 4.57 Å².